The zero-order valence-corrected chi connectivity index (χ0v) is 24.9. The van der Waals surface area contributed by atoms with Crippen LogP contribution in [0.15, 0.2) is 53.1 Å². The first-order chi connectivity index (χ1) is 20.8. The van der Waals surface area contributed by atoms with Crippen LogP contribution in [0.2, 0.25) is 0 Å². The molecule has 7 rings (SSSR count). The van der Waals surface area contributed by atoms with Gasteiger partial charge in [0.15, 0.2) is 0 Å². The number of urea groups is 1. The molecule has 2 saturated carbocycles. The van der Waals surface area contributed by atoms with E-state index < -0.39 is 21.2 Å². The molecule has 3 aromatic rings. The predicted octanol–water partition coefficient (Wildman–Crippen LogP) is 5.49. The molecule has 0 spiro atoms. The van der Waals surface area contributed by atoms with Crippen molar-refractivity contribution in [1.29, 1.82) is 0 Å². The zero-order valence-electron chi connectivity index (χ0n) is 24.1. The van der Waals surface area contributed by atoms with Crippen LogP contribution in [-0.4, -0.2) is 53.9 Å². The van der Waals surface area contributed by atoms with Crippen LogP contribution in [0.5, 0.6) is 0 Å². The summed E-state index contributed by atoms with van der Waals surface area (Å²) in [5.74, 6) is 0.668. The molecule has 2 saturated heterocycles. The van der Waals surface area contributed by atoms with E-state index in [-0.39, 0.29) is 29.8 Å². The van der Waals surface area contributed by atoms with Crippen molar-refractivity contribution in [3.63, 3.8) is 0 Å². The number of hydrogen-bond acceptors (Lipinski definition) is 7. The van der Waals surface area contributed by atoms with Crippen molar-refractivity contribution in [2.75, 3.05) is 5.32 Å². The molecule has 2 unspecified atom stereocenters. The molecule has 2 aliphatic heterocycles. The van der Waals surface area contributed by atoms with Crippen molar-refractivity contribution < 1.29 is 27.3 Å². The lowest BCUT2D eigenvalue weighted by Gasteiger charge is -2.38. The minimum absolute atomic E-state index is 0.0219. The van der Waals surface area contributed by atoms with E-state index in [1.807, 2.05) is 17.0 Å². The number of carbonyl (C=O) groups excluding carboxylic acids is 2. The normalized spacial score (nSPS) is 23.3. The van der Waals surface area contributed by atoms with Crippen molar-refractivity contribution in [3.8, 4) is 11.3 Å². The summed E-state index contributed by atoms with van der Waals surface area (Å²) in [6, 6.07) is 14.5. The fourth-order valence-corrected chi connectivity index (χ4v) is 7.85. The molecule has 2 bridgehead atoms. The van der Waals surface area contributed by atoms with Gasteiger partial charge in [-0.15, -0.1) is 0 Å². The number of nitrogens with one attached hydrogen (secondary N) is 2. The molecule has 226 valence electrons. The Balaban J connectivity index is 0.991. The molecule has 0 radical (unpaired) electrons. The summed E-state index contributed by atoms with van der Waals surface area (Å²) in [6.45, 7) is 2.51. The number of piperidine rings is 1. The highest BCUT2D eigenvalue weighted by Gasteiger charge is 2.44. The van der Waals surface area contributed by atoms with Gasteiger partial charge in [0.2, 0.25) is 10.0 Å². The van der Waals surface area contributed by atoms with Crippen LogP contribution in [0.4, 0.5) is 10.5 Å². The van der Waals surface area contributed by atoms with Gasteiger partial charge in [0.1, 0.15) is 11.5 Å². The molecule has 3 amide bonds. The van der Waals surface area contributed by atoms with E-state index in [0.717, 1.165) is 66.7 Å². The van der Waals surface area contributed by atoms with Crippen molar-refractivity contribution in [2.24, 2.45) is 0 Å². The highest BCUT2D eigenvalue weighted by molar-refractivity contribution is 7.91. The van der Waals surface area contributed by atoms with Crippen molar-refractivity contribution in [3.05, 3.63) is 71.0 Å². The topological polar surface area (TPSA) is 131 Å². The van der Waals surface area contributed by atoms with Crippen LogP contribution in [0.25, 0.3) is 11.3 Å². The highest BCUT2D eigenvalue weighted by Crippen LogP contribution is 2.45. The highest BCUT2D eigenvalue weighted by atomic mass is 32.2. The second-order valence-electron chi connectivity index (χ2n) is 12.3. The average Bonchev–Trinajstić information content (AvgIpc) is 3.92. The molecule has 4 fully saturated rings. The molecule has 2 N–H and O–H groups in total. The Hall–Kier alpha value is -3.70. The number of benzene rings is 2. The Kier molecular flexibility index (Phi) is 7.25. The van der Waals surface area contributed by atoms with Gasteiger partial charge in [-0.1, -0.05) is 35.5 Å². The smallest absolute Gasteiger partial charge is 0.322 e. The van der Waals surface area contributed by atoms with Crippen LogP contribution in [0.3, 0.4) is 0 Å². The van der Waals surface area contributed by atoms with Gasteiger partial charge < -0.3 is 19.5 Å². The van der Waals surface area contributed by atoms with Crippen molar-refractivity contribution in [1.82, 2.24) is 14.8 Å². The molecule has 2 aliphatic carbocycles. The van der Waals surface area contributed by atoms with E-state index in [2.05, 4.69) is 34.3 Å². The maximum absolute atomic E-state index is 13.4. The zero-order chi connectivity index (χ0) is 29.7. The number of sulfonamides is 1. The van der Waals surface area contributed by atoms with Crippen molar-refractivity contribution >= 4 is 27.6 Å². The lowest BCUT2D eigenvalue weighted by Crippen LogP contribution is -2.50. The fourth-order valence-electron chi connectivity index (χ4n) is 6.55. The summed E-state index contributed by atoms with van der Waals surface area (Å²) in [5.41, 5.74) is 4.74. The summed E-state index contributed by atoms with van der Waals surface area (Å²) in [5, 5.41) is 6.90. The Morgan fingerprint density at radius 2 is 1.74 bits per heavy atom. The Morgan fingerprint density at radius 1 is 1.00 bits per heavy atom. The lowest BCUT2D eigenvalue weighted by atomic mass is 9.99. The maximum Gasteiger partial charge on any atom is 0.322 e. The van der Waals surface area contributed by atoms with Crippen LogP contribution in [0, 0.1) is 6.92 Å². The van der Waals surface area contributed by atoms with Gasteiger partial charge in [-0.3, -0.25) is 4.79 Å². The predicted molar refractivity (Wildman–Crippen MR) is 160 cm³/mol. The number of amides is 3. The summed E-state index contributed by atoms with van der Waals surface area (Å²) < 4.78 is 38.9. The van der Waals surface area contributed by atoms with Crippen LogP contribution in [0.1, 0.15) is 84.5 Å². The third kappa shape index (κ3) is 5.80. The molecule has 1 aromatic heterocycles. The number of nitrogens with zero attached hydrogens (tertiary/aromatic N) is 2. The summed E-state index contributed by atoms with van der Waals surface area (Å²) in [7, 11) is -3.66. The second-order valence-corrected chi connectivity index (χ2v) is 14.3. The summed E-state index contributed by atoms with van der Waals surface area (Å²) >= 11 is 0. The first-order valence-corrected chi connectivity index (χ1v) is 16.7. The summed E-state index contributed by atoms with van der Waals surface area (Å²) in [4.78, 5) is 27.9. The number of fused-ring (bicyclic) bond motifs is 2. The third-order valence-corrected chi connectivity index (χ3v) is 10.9. The standard InChI is InChI=1S/C32H36N4O6S/c1-19-5-2-3-8-27(19)29-28(30(42-34-29)20-9-10-20)18-41-25-16-23-11-12-24(17-25)36(23)32(38)33-22-7-4-6-21(15-22)31(37)35-43(39,40)26-13-14-26/h2-8,15,20,23-26H,9-14,16-18H2,1H3,(H,33,38)(H,35,37). The largest absolute Gasteiger partial charge is 0.373 e. The third-order valence-electron chi connectivity index (χ3n) is 9.13. The van der Waals surface area contributed by atoms with Gasteiger partial charge in [0.05, 0.1) is 18.0 Å². The Labute approximate surface area is 251 Å². The van der Waals surface area contributed by atoms with E-state index in [9.17, 15) is 18.0 Å². The molecule has 2 aromatic carbocycles. The van der Waals surface area contributed by atoms with Gasteiger partial charge >= 0.3 is 6.03 Å². The first-order valence-electron chi connectivity index (χ1n) is 15.2. The van der Waals surface area contributed by atoms with Crippen LogP contribution in [-0.2, 0) is 21.4 Å². The van der Waals surface area contributed by atoms with E-state index in [4.69, 9.17) is 9.26 Å². The monoisotopic (exact) mass is 604 g/mol. The number of carbonyl (C=O) groups is 2. The van der Waals surface area contributed by atoms with Gasteiger partial charge in [-0.2, -0.15) is 0 Å². The van der Waals surface area contributed by atoms with Gasteiger partial charge in [0, 0.05) is 40.4 Å². The molecule has 43 heavy (non-hydrogen) atoms. The van der Waals surface area contributed by atoms with Gasteiger partial charge in [-0.25, -0.2) is 17.9 Å². The van der Waals surface area contributed by atoms with Crippen LogP contribution >= 0.6 is 0 Å². The molecule has 4 aliphatic rings. The van der Waals surface area contributed by atoms with Gasteiger partial charge in [0.25, 0.3) is 5.91 Å². The van der Waals surface area contributed by atoms with E-state index >= 15 is 0 Å². The Morgan fingerprint density at radius 3 is 2.44 bits per heavy atom. The number of aryl methyl sites for hydroxylation is 1. The number of anilines is 1. The van der Waals surface area contributed by atoms with E-state index in [1.54, 1.807) is 12.1 Å². The van der Waals surface area contributed by atoms with Crippen LogP contribution < -0.4 is 10.0 Å². The number of ether oxygens (including phenoxy) is 1. The van der Waals surface area contributed by atoms with E-state index in [1.165, 1.54) is 12.1 Å². The van der Waals surface area contributed by atoms with Crippen molar-refractivity contribution in [2.45, 2.75) is 94.3 Å². The van der Waals surface area contributed by atoms with E-state index in [0.29, 0.717) is 31.1 Å². The fraction of sp³-hybridized carbons (Fsp3) is 0.469. The second kappa shape index (κ2) is 11.1. The maximum atomic E-state index is 13.4. The number of aromatic nitrogens is 1. The Bertz CT molecular complexity index is 1650. The first kappa shape index (κ1) is 28.1. The SMILES string of the molecule is Cc1ccccc1-c1noc(C2CC2)c1COC1CC2CCC(C1)N2C(=O)Nc1cccc(C(=O)NS(=O)(=O)C2CC2)c1. The molecular formula is C32H36N4O6S. The molecule has 3 heterocycles. The average molecular weight is 605 g/mol. The molecule has 11 heteroatoms. The lowest BCUT2D eigenvalue weighted by molar-refractivity contribution is -0.0158. The quantitative estimate of drug-likeness (QED) is 0.330. The number of hydrogen-bond donors (Lipinski definition) is 2. The molecule has 2 atom stereocenters. The summed E-state index contributed by atoms with van der Waals surface area (Å²) in [6.07, 6.45) is 6.69. The number of rotatable bonds is 9. The van der Waals surface area contributed by atoms with Gasteiger partial charge in [-0.05, 0) is 82.1 Å². The molecule has 10 nitrogen and oxygen atoms in total. The minimum atomic E-state index is -3.66. The molecular weight excluding hydrogens is 568 g/mol. The minimum Gasteiger partial charge on any atom is -0.373 e.